The lowest BCUT2D eigenvalue weighted by Crippen LogP contribution is -2.45. The van der Waals surface area contributed by atoms with Gasteiger partial charge in [-0.1, -0.05) is 0 Å². The molecule has 1 saturated heterocycles. The molecule has 1 fully saturated rings. The first-order valence-corrected chi connectivity index (χ1v) is 9.53. The minimum atomic E-state index is -0.333. The van der Waals surface area contributed by atoms with Crippen molar-refractivity contribution < 1.29 is 9.18 Å². The van der Waals surface area contributed by atoms with E-state index in [1.54, 1.807) is 11.8 Å². The summed E-state index contributed by atoms with van der Waals surface area (Å²) in [6.45, 7) is 3.97. The molecule has 0 radical (unpaired) electrons. The minimum absolute atomic E-state index is 0.00678. The number of amides is 1. The van der Waals surface area contributed by atoms with Gasteiger partial charge >= 0.3 is 0 Å². The average Bonchev–Trinajstić information content (AvgIpc) is 3.27. The van der Waals surface area contributed by atoms with Crippen LogP contribution in [0, 0.1) is 12.8 Å². The highest BCUT2D eigenvalue weighted by molar-refractivity contribution is 5.95. The predicted octanol–water partition coefficient (Wildman–Crippen LogP) is 1.96. The van der Waals surface area contributed by atoms with E-state index in [1.165, 1.54) is 10.9 Å². The standard InChI is InChI=1S/C19H24FN5O2/c1-11-8-13(9-20)6-7-24(11)18(27)15-10-21-25(12(15)2)19-22-16-5-3-4-14(16)17(26)23-19/h10-11,13H,3-9H2,1-2H3,(H,22,23,26)/t11-,13-/m1/s1. The number of aryl methyl sites for hydroxylation is 1. The molecule has 0 aromatic carbocycles. The molecule has 0 bridgehead atoms. The Balaban J connectivity index is 1.62. The quantitative estimate of drug-likeness (QED) is 0.891. The first-order chi connectivity index (χ1) is 13.0. The SMILES string of the molecule is Cc1c(C(=O)N2CC[C@@H](CF)C[C@H]2C)cnn1-c1nc2c(c(=O)[nH]1)CCC2. The molecule has 0 unspecified atom stereocenters. The zero-order chi connectivity index (χ0) is 19.1. The Morgan fingerprint density at radius 2 is 2.22 bits per heavy atom. The number of fused-ring (bicyclic) bond motifs is 1. The van der Waals surface area contributed by atoms with Crippen molar-refractivity contribution in [2.24, 2.45) is 5.92 Å². The fraction of sp³-hybridized carbons (Fsp3) is 0.579. The van der Waals surface area contributed by atoms with E-state index in [0.717, 1.165) is 30.5 Å². The van der Waals surface area contributed by atoms with Crippen molar-refractivity contribution in [1.29, 1.82) is 0 Å². The van der Waals surface area contributed by atoms with Gasteiger partial charge in [-0.3, -0.25) is 19.0 Å². The topological polar surface area (TPSA) is 83.9 Å². The van der Waals surface area contributed by atoms with Gasteiger partial charge in [-0.05, 0) is 51.9 Å². The Labute approximate surface area is 156 Å². The van der Waals surface area contributed by atoms with E-state index in [-0.39, 0.29) is 30.1 Å². The van der Waals surface area contributed by atoms with Crippen LogP contribution in [0.25, 0.3) is 5.95 Å². The van der Waals surface area contributed by atoms with E-state index in [2.05, 4.69) is 15.1 Å². The van der Waals surface area contributed by atoms with Crippen molar-refractivity contribution in [3.63, 3.8) is 0 Å². The molecule has 1 aliphatic carbocycles. The number of nitrogens with one attached hydrogen (secondary N) is 1. The molecule has 0 spiro atoms. The van der Waals surface area contributed by atoms with Gasteiger partial charge in [-0.15, -0.1) is 0 Å². The van der Waals surface area contributed by atoms with Gasteiger partial charge in [0.05, 0.1) is 29.8 Å². The van der Waals surface area contributed by atoms with Crippen molar-refractivity contribution >= 4 is 5.91 Å². The molecular weight excluding hydrogens is 349 g/mol. The zero-order valence-corrected chi connectivity index (χ0v) is 15.7. The molecule has 2 aliphatic rings. The fourth-order valence-corrected chi connectivity index (χ4v) is 4.23. The van der Waals surface area contributed by atoms with Crippen LogP contribution < -0.4 is 5.56 Å². The monoisotopic (exact) mass is 373 g/mol. The summed E-state index contributed by atoms with van der Waals surface area (Å²) in [7, 11) is 0. The van der Waals surface area contributed by atoms with Gasteiger partial charge in [0.15, 0.2) is 0 Å². The summed E-state index contributed by atoms with van der Waals surface area (Å²) in [5, 5.41) is 4.30. The number of nitrogens with zero attached hydrogens (tertiary/aromatic N) is 4. The number of H-pyrrole nitrogens is 1. The zero-order valence-electron chi connectivity index (χ0n) is 15.7. The highest BCUT2D eigenvalue weighted by Crippen LogP contribution is 2.26. The number of likely N-dealkylation sites (tertiary alicyclic amines) is 1. The van der Waals surface area contributed by atoms with Crippen LogP contribution in [0.1, 0.15) is 53.5 Å². The number of carbonyl (C=O) groups is 1. The Morgan fingerprint density at radius 1 is 1.41 bits per heavy atom. The van der Waals surface area contributed by atoms with Crippen LogP contribution in [0.5, 0.6) is 0 Å². The summed E-state index contributed by atoms with van der Waals surface area (Å²) in [6, 6.07) is -0.00678. The molecule has 2 atom stereocenters. The molecule has 4 rings (SSSR count). The average molecular weight is 373 g/mol. The number of alkyl halides is 1. The van der Waals surface area contributed by atoms with E-state index < -0.39 is 0 Å². The highest BCUT2D eigenvalue weighted by Gasteiger charge is 2.31. The molecule has 7 nitrogen and oxygen atoms in total. The first kappa shape index (κ1) is 17.9. The van der Waals surface area contributed by atoms with Crippen molar-refractivity contribution in [2.45, 2.75) is 52.0 Å². The molecule has 1 aliphatic heterocycles. The summed E-state index contributed by atoms with van der Waals surface area (Å²) < 4.78 is 14.5. The number of hydrogen-bond donors (Lipinski definition) is 1. The van der Waals surface area contributed by atoms with Crippen LogP contribution in [0.4, 0.5) is 4.39 Å². The van der Waals surface area contributed by atoms with Crippen LogP contribution in [-0.4, -0.2) is 49.8 Å². The molecule has 2 aromatic heterocycles. The van der Waals surface area contributed by atoms with Crippen molar-refractivity contribution in [3.05, 3.63) is 39.1 Å². The minimum Gasteiger partial charge on any atom is -0.336 e. The molecule has 2 aromatic rings. The van der Waals surface area contributed by atoms with Gasteiger partial charge in [0.25, 0.3) is 11.5 Å². The molecule has 3 heterocycles. The van der Waals surface area contributed by atoms with Crippen molar-refractivity contribution in [3.8, 4) is 5.95 Å². The van der Waals surface area contributed by atoms with Gasteiger partial charge in [0.2, 0.25) is 5.95 Å². The fourth-order valence-electron chi connectivity index (χ4n) is 4.23. The van der Waals surface area contributed by atoms with Crippen molar-refractivity contribution in [1.82, 2.24) is 24.6 Å². The third-order valence-corrected chi connectivity index (χ3v) is 5.83. The number of carbonyl (C=O) groups excluding carboxylic acids is 1. The lowest BCUT2D eigenvalue weighted by atomic mass is 9.92. The number of piperidine rings is 1. The summed E-state index contributed by atoms with van der Waals surface area (Å²) in [5.74, 6) is 0.280. The van der Waals surface area contributed by atoms with E-state index in [0.29, 0.717) is 36.6 Å². The highest BCUT2D eigenvalue weighted by atomic mass is 19.1. The van der Waals surface area contributed by atoms with E-state index in [1.807, 2.05) is 6.92 Å². The Morgan fingerprint density at radius 3 is 2.96 bits per heavy atom. The smallest absolute Gasteiger partial charge is 0.257 e. The van der Waals surface area contributed by atoms with E-state index in [9.17, 15) is 14.0 Å². The Hall–Kier alpha value is -2.51. The van der Waals surface area contributed by atoms with Crippen molar-refractivity contribution in [2.75, 3.05) is 13.2 Å². The molecule has 8 heteroatoms. The number of hydrogen-bond acceptors (Lipinski definition) is 4. The largest absolute Gasteiger partial charge is 0.336 e. The molecule has 144 valence electrons. The third-order valence-electron chi connectivity index (χ3n) is 5.83. The summed E-state index contributed by atoms with van der Waals surface area (Å²) >= 11 is 0. The van der Waals surface area contributed by atoms with Crippen LogP contribution in [0.3, 0.4) is 0 Å². The molecule has 0 saturated carbocycles. The number of halogens is 1. The van der Waals surface area contributed by atoms with Crippen LogP contribution in [-0.2, 0) is 12.8 Å². The normalized spacial score (nSPS) is 22.1. The molecule has 27 heavy (non-hydrogen) atoms. The van der Waals surface area contributed by atoms with Crippen LogP contribution >= 0.6 is 0 Å². The molecule has 1 N–H and O–H groups in total. The van der Waals surface area contributed by atoms with Gasteiger partial charge in [-0.25, -0.2) is 9.67 Å². The molecule has 1 amide bonds. The van der Waals surface area contributed by atoms with E-state index >= 15 is 0 Å². The van der Waals surface area contributed by atoms with Gasteiger partial charge in [-0.2, -0.15) is 5.10 Å². The maximum Gasteiger partial charge on any atom is 0.257 e. The van der Waals surface area contributed by atoms with Crippen LogP contribution in [0.15, 0.2) is 11.0 Å². The van der Waals surface area contributed by atoms with Gasteiger partial charge < -0.3 is 4.90 Å². The van der Waals surface area contributed by atoms with E-state index in [4.69, 9.17) is 0 Å². The van der Waals surface area contributed by atoms with Gasteiger partial charge in [0.1, 0.15) is 0 Å². The number of aromatic nitrogens is 4. The second-order valence-electron chi connectivity index (χ2n) is 7.62. The Bertz CT molecular complexity index is 935. The number of aromatic amines is 1. The number of rotatable bonds is 3. The summed E-state index contributed by atoms with van der Waals surface area (Å²) in [6.07, 6.45) is 5.36. The first-order valence-electron chi connectivity index (χ1n) is 9.53. The second kappa shape index (κ2) is 6.90. The van der Waals surface area contributed by atoms with Gasteiger partial charge in [0, 0.05) is 18.2 Å². The molecular formula is C19H24FN5O2. The lowest BCUT2D eigenvalue weighted by molar-refractivity contribution is 0.0555. The third kappa shape index (κ3) is 3.07. The maximum absolute atomic E-state index is 13.0. The Kier molecular flexibility index (Phi) is 4.57. The summed E-state index contributed by atoms with van der Waals surface area (Å²) in [5.41, 5.74) is 2.57. The second-order valence-corrected chi connectivity index (χ2v) is 7.62. The maximum atomic E-state index is 13.0. The predicted molar refractivity (Wildman–Crippen MR) is 97.9 cm³/mol. The van der Waals surface area contributed by atoms with Crippen LogP contribution in [0.2, 0.25) is 0 Å². The lowest BCUT2D eigenvalue weighted by Gasteiger charge is -2.36. The summed E-state index contributed by atoms with van der Waals surface area (Å²) in [4.78, 5) is 34.4.